The summed E-state index contributed by atoms with van der Waals surface area (Å²) >= 11 is 0. The second-order valence-corrected chi connectivity index (χ2v) is 22.1. The molecule has 0 aliphatic carbocycles. The molecule has 0 bridgehead atoms. The number of imide groups is 1. The molecular weight excluding hydrogens is 1180 g/mol. The van der Waals surface area contributed by atoms with Gasteiger partial charge < -0.3 is 61.3 Å². The summed E-state index contributed by atoms with van der Waals surface area (Å²) < 4.78 is 79.7. The van der Waals surface area contributed by atoms with Gasteiger partial charge in [-0.3, -0.25) is 33.6 Å². The Balaban J connectivity index is 0.00000227. The third-order valence-electron chi connectivity index (χ3n) is 13.8. The van der Waals surface area contributed by atoms with Gasteiger partial charge in [0.1, 0.15) is 29.8 Å². The molecule has 28 heteroatoms. The second kappa shape index (κ2) is 35.6. The molecule has 0 unspecified atom stereocenters. The van der Waals surface area contributed by atoms with E-state index in [1.807, 2.05) is 51.1 Å². The fourth-order valence-electron chi connectivity index (χ4n) is 9.21. The molecule has 0 saturated heterocycles. The van der Waals surface area contributed by atoms with E-state index in [4.69, 9.17) is 40.6 Å². The number of alkyl halides is 3. The van der Waals surface area contributed by atoms with Crippen LogP contribution in [0.15, 0.2) is 91.1 Å². The Kier molecular flexibility index (Phi) is 29.3. The third kappa shape index (κ3) is 24.3. The minimum atomic E-state index is -5.08. The molecule has 9 N–H and O–H groups in total. The number of carbonyl (C=O) groups is 9. The SMILES string of the molecule is CC(C)[C@H](CC(=O)CCOCCOCCOCCNC(=O)[C@@H](N)CCN(C(=O)CO)[C@@H](c1nc(-c2cc(F)ccc2F)cn1Cc1ccccc1)C(C)(C)C)C(=O)N[C@@H](CCCNC(N)=O)C(=O)Cc1ccc(N2C(=O)C=CC2=O)cc1.O=C(O)C(F)(F)F. The van der Waals surface area contributed by atoms with Gasteiger partial charge in [-0.1, -0.05) is 77.1 Å². The molecule has 1 aliphatic rings. The highest BCUT2D eigenvalue weighted by atomic mass is 19.4. The Hall–Kier alpha value is -8.31. The number of hydrogen-bond acceptors (Lipinski definition) is 15. The number of aliphatic carboxylic acids is 1. The number of ketones is 2. The van der Waals surface area contributed by atoms with Crippen molar-refractivity contribution < 1.29 is 89.5 Å². The number of anilines is 1. The number of carboxylic acid groups (broad SMARTS) is 1. The Bertz CT molecular complexity index is 3050. The smallest absolute Gasteiger partial charge is 0.475 e. The molecule has 7 amide bonds. The number of carbonyl (C=O) groups excluding carboxylic acids is 8. The number of benzene rings is 3. The zero-order chi connectivity index (χ0) is 66.0. The van der Waals surface area contributed by atoms with Gasteiger partial charge in [0.2, 0.25) is 17.7 Å². The van der Waals surface area contributed by atoms with Crippen LogP contribution >= 0.6 is 0 Å². The number of nitrogens with two attached hydrogens (primary N) is 2. The Morgan fingerprint density at radius 1 is 0.775 bits per heavy atom. The number of Topliss-reactive ketones (excluding diaryl/α,β-unsaturated/α-hetero) is 2. The van der Waals surface area contributed by atoms with Gasteiger partial charge in [-0.05, 0) is 72.1 Å². The highest BCUT2D eigenvalue weighted by Crippen LogP contribution is 2.40. The molecule has 0 radical (unpaired) electrons. The number of urea groups is 1. The van der Waals surface area contributed by atoms with E-state index >= 15 is 4.39 Å². The molecule has 4 aromatic rings. The molecule has 89 heavy (non-hydrogen) atoms. The average Bonchev–Trinajstić information content (AvgIpc) is 2.76. The summed E-state index contributed by atoms with van der Waals surface area (Å²) in [5, 5.41) is 25.3. The van der Waals surface area contributed by atoms with Crippen molar-refractivity contribution in [2.24, 2.45) is 28.7 Å². The summed E-state index contributed by atoms with van der Waals surface area (Å²) in [6.07, 6.45) is -0.735. The van der Waals surface area contributed by atoms with E-state index in [0.29, 0.717) is 23.5 Å². The Labute approximate surface area is 511 Å². The van der Waals surface area contributed by atoms with Crippen LogP contribution in [0.25, 0.3) is 11.3 Å². The maximum atomic E-state index is 15.1. The Morgan fingerprint density at radius 3 is 1.96 bits per heavy atom. The number of nitrogens with zero attached hydrogens (tertiary/aromatic N) is 4. The highest BCUT2D eigenvalue weighted by Gasteiger charge is 2.40. The number of hydrogen-bond donors (Lipinski definition) is 7. The Morgan fingerprint density at radius 2 is 1.38 bits per heavy atom. The minimum absolute atomic E-state index is 0.00992. The van der Waals surface area contributed by atoms with Crippen molar-refractivity contribution in [3.8, 4) is 11.3 Å². The number of halogens is 5. The second-order valence-electron chi connectivity index (χ2n) is 22.1. The number of ether oxygens (including phenoxy) is 3. The lowest BCUT2D eigenvalue weighted by Gasteiger charge is -2.40. The molecule has 0 fully saturated rings. The number of aromatic nitrogens is 2. The van der Waals surface area contributed by atoms with Crippen LogP contribution in [0.2, 0.25) is 0 Å². The molecule has 5 rings (SSSR count). The molecule has 0 spiro atoms. The predicted molar refractivity (Wildman–Crippen MR) is 314 cm³/mol. The van der Waals surface area contributed by atoms with Crippen molar-refractivity contribution in [2.75, 3.05) is 70.8 Å². The van der Waals surface area contributed by atoms with Gasteiger partial charge in [-0.2, -0.15) is 13.2 Å². The van der Waals surface area contributed by atoms with E-state index < -0.39 is 95.4 Å². The lowest BCUT2D eigenvalue weighted by Crippen LogP contribution is -2.48. The molecule has 486 valence electrons. The molecule has 0 saturated carbocycles. The van der Waals surface area contributed by atoms with Gasteiger partial charge in [0.05, 0.1) is 69.1 Å². The summed E-state index contributed by atoms with van der Waals surface area (Å²) in [6.45, 7) is 9.98. The van der Waals surface area contributed by atoms with E-state index in [2.05, 4.69) is 16.0 Å². The monoisotopic (exact) mass is 1260 g/mol. The molecule has 2 heterocycles. The minimum Gasteiger partial charge on any atom is -0.475 e. The van der Waals surface area contributed by atoms with Crippen LogP contribution in [0, 0.1) is 28.9 Å². The summed E-state index contributed by atoms with van der Waals surface area (Å²) in [4.78, 5) is 118. The molecular formula is C61H78F5N9O14. The third-order valence-corrected chi connectivity index (χ3v) is 13.8. The van der Waals surface area contributed by atoms with E-state index in [-0.39, 0.29) is 127 Å². The quantitative estimate of drug-likeness (QED) is 0.0179. The van der Waals surface area contributed by atoms with Crippen LogP contribution in [0.4, 0.5) is 32.4 Å². The number of aliphatic hydroxyl groups is 1. The first-order valence-electron chi connectivity index (χ1n) is 28.6. The number of rotatable bonds is 35. The van der Waals surface area contributed by atoms with Crippen LogP contribution in [-0.4, -0.2) is 162 Å². The van der Waals surface area contributed by atoms with Gasteiger partial charge >= 0.3 is 18.2 Å². The fourth-order valence-corrected chi connectivity index (χ4v) is 9.21. The first kappa shape index (κ1) is 73.2. The van der Waals surface area contributed by atoms with Gasteiger partial charge in [0.25, 0.3) is 11.8 Å². The largest absolute Gasteiger partial charge is 0.490 e. The summed E-state index contributed by atoms with van der Waals surface area (Å²) in [5.41, 5.74) is 12.7. The predicted octanol–water partition coefficient (Wildman–Crippen LogP) is 5.10. The summed E-state index contributed by atoms with van der Waals surface area (Å²) in [5.74, 6) is -7.80. The van der Waals surface area contributed by atoms with Gasteiger partial charge in [-0.15, -0.1) is 0 Å². The van der Waals surface area contributed by atoms with Crippen LogP contribution in [-0.2, 0) is 65.5 Å². The topological polar surface area (TPSA) is 334 Å². The van der Waals surface area contributed by atoms with E-state index in [9.17, 15) is 61.0 Å². The van der Waals surface area contributed by atoms with Gasteiger partial charge in [0.15, 0.2) is 5.78 Å². The van der Waals surface area contributed by atoms with Crippen molar-refractivity contribution >= 4 is 58.8 Å². The maximum Gasteiger partial charge on any atom is 0.490 e. The molecule has 23 nitrogen and oxygen atoms in total. The van der Waals surface area contributed by atoms with E-state index in [1.54, 1.807) is 48.9 Å². The fraction of sp³-hybridized carbons (Fsp3) is 0.475. The van der Waals surface area contributed by atoms with E-state index in [0.717, 1.165) is 28.7 Å². The van der Waals surface area contributed by atoms with Crippen LogP contribution in [0.3, 0.4) is 0 Å². The molecule has 1 aromatic heterocycles. The number of aliphatic hydroxyl groups excluding tert-OH is 1. The average molecular weight is 1260 g/mol. The van der Waals surface area contributed by atoms with Crippen molar-refractivity contribution in [2.45, 2.75) is 104 Å². The van der Waals surface area contributed by atoms with E-state index in [1.165, 1.54) is 17.1 Å². The molecule has 3 aromatic carbocycles. The maximum absolute atomic E-state index is 15.1. The van der Waals surface area contributed by atoms with Gasteiger partial charge in [-0.25, -0.2) is 28.3 Å². The first-order chi connectivity index (χ1) is 42.0. The van der Waals surface area contributed by atoms with Crippen molar-refractivity contribution in [3.05, 3.63) is 120 Å². The number of amides is 7. The zero-order valence-corrected chi connectivity index (χ0v) is 50.2. The number of carboxylic acids is 1. The first-order valence-corrected chi connectivity index (χ1v) is 28.6. The zero-order valence-electron chi connectivity index (χ0n) is 50.2. The standard InChI is InChI=1S/C59H77F2N9O12.C2HF3O2/c1-38(2)44(56(77)67-48(12-9-23-65-58(63)79)50(73)32-39-13-16-42(17-14-39)70-51(74)19-20-52(70)75)34-43(72)22-26-80-28-30-82-31-29-81-27-24-64-57(78)47(62)21-25-69(53(76)37-71)54(59(3,4)5)55-66-49(45-33-41(60)15-18-46(45)61)36-68(55)35-40-10-7-6-8-11-40;3-2(4,5)1(6)7/h6-8,10-11,13-20,33,36,38,44,47-48,54,71H,9,12,21-32,34-35,37,62H2,1-5H3,(H,64,78)(H,67,77)(H3,63,65,79);(H,6,7)/t44-,47-,48-,54-;/m0./s1. The van der Waals surface area contributed by atoms with Crippen molar-refractivity contribution in [1.82, 2.24) is 30.4 Å². The number of primary amides is 1. The summed E-state index contributed by atoms with van der Waals surface area (Å²) in [6, 6.07) is 15.3. The highest BCUT2D eigenvalue weighted by molar-refractivity contribution is 6.28. The summed E-state index contributed by atoms with van der Waals surface area (Å²) in [7, 11) is 0. The number of imidazole rings is 1. The van der Waals surface area contributed by atoms with Gasteiger partial charge in [0, 0.05) is 75.3 Å². The lowest BCUT2D eigenvalue weighted by atomic mass is 9.84. The lowest BCUT2D eigenvalue weighted by molar-refractivity contribution is -0.192. The van der Waals surface area contributed by atoms with Crippen molar-refractivity contribution in [1.29, 1.82) is 0 Å². The number of nitrogens with one attached hydrogen (secondary N) is 3. The van der Waals surface area contributed by atoms with Crippen LogP contribution in [0.1, 0.15) is 89.7 Å². The van der Waals surface area contributed by atoms with Crippen LogP contribution < -0.4 is 32.3 Å². The normalized spacial score (nSPS) is 13.7. The van der Waals surface area contributed by atoms with Crippen LogP contribution in [0.5, 0.6) is 0 Å². The van der Waals surface area contributed by atoms with Crippen molar-refractivity contribution in [3.63, 3.8) is 0 Å². The molecule has 1 aliphatic heterocycles. The molecule has 4 atom stereocenters.